The molecule has 0 radical (unpaired) electrons. The number of hydrogen-bond acceptors (Lipinski definition) is 5. The van der Waals surface area contributed by atoms with Crippen LogP contribution >= 0.6 is 12.4 Å². The van der Waals surface area contributed by atoms with Crippen LogP contribution in [-0.4, -0.2) is 58.4 Å². The predicted octanol–water partition coefficient (Wildman–Crippen LogP) is -2.30. The molecule has 4 atom stereocenters. The summed E-state index contributed by atoms with van der Waals surface area (Å²) in [6.45, 7) is 0.457. The fourth-order valence-corrected chi connectivity index (χ4v) is 1.34. The summed E-state index contributed by atoms with van der Waals surface area (Å²) in [4.78, 5) is 0. The van der Waals surface area contributed by atoms with E-state index in [1.807, 2.05) is 0 Å². The molecule has 0 aromatic heterocycles. The fraction of sp³-hybridized carbons (Fsp3) is 1.00. The second-order valence-electron chi connectivity index (χ2n) is 3.15. The number of β-amino-alcohol motifs (C(OH)–C–C–N with tert-alkyl or cyclic N) is 1. The van der Waals surface area contributed by atoms with Gasteiger partial charge in [0.1, 0.15) is 6.10 Å². The van der Waals surface area contributed by atoms with E-state index >= 15 is 0 Å². The standard InChI is InChI=1S/C7H15NO4.ClH/c9-3-4-1-8-2-5(10)7(12)6(4)11;/h4-12H,1-3H2;1H/t4-,5+,6+,7+;/m0./s1. The van der Waals surface area contributed by atoms with E-state index in [-0.39, 0.29) is 25.6 Å². The Bertz CT molecular complexity index is 146. The quantitative estimate of drug-likeness (QED) is 0.338. The van der Waals surface area contributed by atoms with E-state index in [1.54, 1.807) is 0 Å². The number of rotatable bonds is 1. The van der Waals surface area contributed by atoms with Gasteiger partial charge in [-0.3, -0.25) is 0 Å². The minimum Gasteiger partial charge on any atom is -0.396 e. The van der Waals surface area contributed by atoms with Gasteiger partial charge in [-0.2, -0.15) is 0 Å². The molecule has 0 unspecified atom stereocenters. The molecule has 0 amide bonds. The zero-order valence-electron chi connectivity index (χ0n) is 7.13. The van der Waals surface area contributed by atoms with E-state index in [2.05, 4.69) is 5.32 Å². The van der Waals surface area contributed by atoms with Crippen molar-refractivity contribution in [1.29, 1.82) is 0 Å². The Morgan fingerprint density at radius 2 is 1.69 bits per heavy atom. The molecule has 0 spiro atoms. The molecule has 6 heteroatoms. The summed E-state index contributed by atoms with van der Waals surface area (Å²) >= 11 is 0. The van der Waals surface area contributed by atoms with Gasteiger partial charge in [-0.05, 0) is 0 Å². The van der Waals surface area contributed by atoms with Crippen molar-refractivity contribution < 1.29 is 20.4 Å². The van der Waals surface area contributed by atoms with E-state index < -0.39 is 24.2 Å². The number of halogens is 1. The third kappa shape index (κ3) is 3.05. The van der Waals surface area contributed by atoms with Crippen molar-refractivity contribution in [3.8, 4) is 0 Å². The van der Waals surface area contributed by atoms with Gasteiger partial charge in [0.15, 0.2) is 0 Å². The van der Waals surface area contributed by atoms with E-state index in [4.69, 9.17) is 5.11 Å². The second kappa shape index (κ2) is 5.74. The van der Waals surface area contributed by atoms with Crippen LogP contribution in [0.25, 0.3) is 0 Å². The van der Waals surface area contributed by atoms with Gasteiger partial charge in [-0.25, -0.2) is 0 Å². The number of aliphatic hydroxyl groups excluding tert-OH is 4. The summed E-state index contributed by atoms with van der Waals surface area (Å²) < 4.78 is 0. The lowest BCUT2D eigenvalue weighted by molar-refractivity contribution is -0.0743. The molecule has 1 fully saturated rings. The third-order valence-corrected chi connectivity index (χ3v) is 2.22. The van der Waals surface area contributed by atoms with Crippen molar-refractivity contribution in [3.63, 3.8) is 0 Å². The lowest BCUT2D eigenvalue weighted by Crippen LogP contribution is -2.42. The highest BCUT2D eigenvalue weighted by atomic mass is 35.5. The summed E-state index contributed by atoms with van der Waals surface area (Å²) in [6.07, 6.45) is -3.19. The minimum atomic E-state index is -1.17. The first-order valence-corrected chi connectivity index (χ1v) is 4.02. The Balaban J connectivity index is 0.00000144. The van der Waals surface area contributed by atoms with Crippen LogP contribution in [-0.2, 0) is 0 Å². The molecule has 1 aliphatic rings. The SMILES string of the molecule is Cl.OC[C@@H]1CNC[C@@H](O)[C@@H](O)[C@@H]1O. The molecular formula is C7H16ClNO4. The van der Waals surface area contributed by atoms with E-state index in [1.165, 1.54) is 0 Å². The van der Waals surface area contributed by atoms with E-state index in [0.717, 1.165) is 0 Å². The van der Waals surface area contributed by atoms with Crippen LogP contribution in [0.5, 0.6) is 0 Å². The summed E-state index contributed by atoms with van der Waals surface area (Å²) in [5, 5.41) is 39.5. The van der Waals surface area contributed by atoms with Crippen LogP contribution in [0.15, 0.2) is 0 Å². The van der Waals surface area contributed by atoms with Crippen molar-refractivity contribution >= 4 is 12.4 Å². The summed E-state index contributed by atoms with van der Waals surface area (Å²) in [5.74, 6) is -0.405. The van der Waals surface area contributed by atoms with Crippen molar-refractivity contribution in [2.75, 3.05) is 19.7 Å². The minimum absolute atomic E-state index is 0. The molecule has 13 heavy (non-hydrogen) atoms. The summed E-state index contributed by atoms with van der Waals surface area (Å²) in [6, 6.07) is 0. The molecule has 0 aromatic rings. The molecule has 1 saturated heterocycles. The number of hydrogen-bond donors (Lipinski definition) is 5. The molecule has 1 heterocycles. The summed E-state index contributed by atoms with van der Waals surface area (Å²) in [5.41, 5.74) is 0. The molecule has 80 valence electrons. The lowest BCUT2D eigenvalue weighted by Gasteiger charge is -2.23. The van der Waals surface area contributed by atoms with Gasteiger partial charge in [-0.1, -0.05) is 0 Å². The summed E-state index contributed by atoms with van der Waals surface area (Å²) in [7, 11) is 0. The highest BCUT2D eigenvalue weighted by Crippen LogP contribution is 2.12. The normalized spacial score (nSPS) is 40.6. The van der Waals surface area contributed by atoms with Crippen molar-refractivity contribution in [2.45, 2.75) is 18.3 Å². The number of nitrogens with one attached hydrogen (secondary N) is 1. The second-order valence-corrected chi connectivity index (χ2v) is 3.15. The smallest absolute Gasteiger partial charge is 0.107 e. The Morgan fingerprint density at radius 3 is 2.23 bits per heavy atom. The molecule has 0 aromatic carbocycles. The topological polar surface area (TPSA) is 93.0 Å². The Hall–Kier alpha value is 0.0900. The van der Waals surface area contributed by atoms with Crippen LogP contribution < -0.4 is 5.32 Å². The molecule has 1 aliphatic heterocycles. The van der Waals surface area contributed by atoms with Gasteiger partial charge >= 0.3 is 0 Å². The highest BCUT2D eigenvalue weighted by molar-refractivity contribution is 5.85. The zero-order chi connectivity index (χ0) is 9.14. The van der Waals surface area contributed by atoms with Crippen LogP contribution in [0, 0.1) is 5.92 Å². The molecule has 0 saturated carbocycles. The Morgan fingerprint density at radius 1 is 1.08 bits per heavy atom. The Labute approximate surface area is 82.8 Å². The van der Waals surface area contributed by atoms with Crippen molar-refractivity contribution in [1.82, 2.24) is 5.32 Å². The zero-order valence-corrected chi connectivity index (χ0v) is 7.94. The molecule has 5 nitrogen and oxygen atoms in total. The van der Waals surface area contributed by atoms with Gasteiger partial charge in [0.25, 0.3) is 0 Å². The van der Waals surface area contributed by atoms with Crippen LogP contribution in [0.4, 0.5) is 0 Å². The molecule has 0 bridgehead atoms. The van der Waals surface area contributed by atoms with Crippen LogP contribution in [0.2, 0.25) is 0 Å². The van der Waals surface area contributed by atoms with Gasteiger partial charge in [0, 0.05) is 25.6 Å². The monoisotopic (exact) mass is 213 g/mol. The fourth-order valence-electron chi connectivity index (χ4n) is 1.34. The van der Waals surface area contributed by atoms with Crippen LogP contribution in [0.1, 0.15) is 0 Å². The van der Waals surface area contributed by atoms with Gasteiger partial charge in [0.2, 0.25) is 0 Å². The first-order valence-electron chi connectivity index (χ1n) is 4.02. The van der Waals surface area contributed by atoms with Gasteiger partial charge < -0.3 is 25.7 Å². The van der Waals surface area contributed by atoms with E-state index in [9.17, 15) is 15.3 Å². The average molecular weight is 214 g/mol. The average Bonchev–Trinajstić information content (AvgIpc) is 2.19. The maximum absolute atomic E-state index is 9.38. The van der Waals surface area contributed by atoms with Crippen molar-refractivity contribution in [2.24, 2.45) is 5.92 Å². The first-order chi connectivity index (χ1) is 5.66. The molecular weight excluding hydrogens is 198 g/mol. The number of aliphatic hydroxyl groups is 4. The Kier molecular flexibility index (Phi) is 5.78. The maximum Gasteiger partial charge on any atom is 0.107 e. The van der Waals surface area contributed by atoms with Crippen molar-refractivity contribution in [3.05, 3.63) is 0 Å². The first kappa shape index (κ1) is 13.1. The maximum atomic E-state index is 9.38. The van der Waals surface area contributed by atoms with Crippen LogP contribution in [0.3, 0.4) is 0 Å². The largest absolute Gasteiger partial charge is 0.396 e. The molecule has 1 rings (SSSR count). The predicted molar refractivity (Wildman–Crippen MR) is 48.7 cm³/mol. The van der Waals surface area contributed by atoms with E-state index in [0.29, 0.717) is 6.54 Å². The molecule has 5 N–H and O–H groups in total. The lowest BCUT2D eigenvalue weighted by atomic mass is 9.97. The van der Waals surface area contributed by atoms with Gasteiger partial charge in [-0.15, -0.1) is 12.4 Å². The highest BCUT2D eigenvalue weighted by Gasteiger charge is 2.33. The molecule has 0 aliphatic carbocycles. The van der Waals surface area contributed by atoms with Gasteiger partial charge in [0.05, 0.1) is 12.2 Å². The third-order valence-electron chi connectivity index (χ3n) is 2.22.